The van der Waals surface area contributed by atoms with Crippen molar-refractivity contribution in [2.24, 2.45) is 11.8 Å². The van der Waals surface area contributed by atoms with Crippen molar-refractivity contribution < 1.29 is 13.2 Å². The molecule has 2 rings (SSSR count). The molecule has 1 saturated heterocycles. The highest BCUT2D eigenvalue weighted by molar-refractivity contribution is 7.91. The zero-order chi connectivity index (χ0) is 14.6. The number of nitrogens with one attached hydrogen (secondary N) is 1. The van der Waals surface area contributed by atoms with Crippen molar-refractivity contribution in [3.05, 3.63) is 29.8 Å². The molecule has 0 bridgehead atoms. The fourth-order valence-corrected chi connectivity index (χ4v) is 4.61. The van der Waals surface area contributed by atoms with Crippen LogP contribution in [0.25, 0.3) is 0 Å². The van der Waals surface area contributed by atoms with Crippen LogP contribution < -0.4 is 16.0 Å². The highest BCUT2D eigenvalue weighted by Gasteiger charge is 2.30. The van der Waals surface area contributed by atoms with E-state index in [0.29, 0.717) is 18.8 Å². The minimum absolute atomic E-state index is 0.0870. The molecule has 1 heterocycles. The summed E-state index contributed by atoms with van der Waals surface area (Å²) in [7, 11) is -2.85. The van der Waals surface area contributed by atoms with Crippen LogP contribution in [0.15, 0.2) is 24.3 Å². The first-order valence-electron chi connectivity index (χ1n) is 6.94. The van der Waals surface area contributed by atoms with Gasteiger partial charge >= 0.3 is 0 Å². The molecule has 1 aromatic carbocycles. The van der Waals surface area contributed by atoms with Gasteiger partial charge in [0.1, 0.15) is 5.75 Å². The average molecular weight is 298 g/mol. The lowest BCUT2D eigenvalue weighted by molar-refractivity contribution is 0.325. The number of ether oxygens (including phenoxy) is 1. The molecule has 20 heavy (non-hydrogen) atoms. The minimum Gasteiger partial charge on any atom is -0.494 e. The molecule has 2 unspecified atom stereocenters. The molecule has 0 aliphatic carbocycles. The summed E-state index contributed by atoms with van der Waals surface area (Å²) in [5, 5.41) is 0. The van der Waals surface area contributed by atoms with Crippen molar-refractivity contribution in [1.29, 1.82) is 0 Å². The van der Waals surface area contributed by atoms with Crippen LogP contribution in [0.1, 0.15) is 31.4 Å². The van der Waals surface area contributed by atoms with Crippen LogP contribution in [0.4, 0.5) is 0 Å². The van der Waals surface area contributed by atoms with Crippen LogP contribution in [0.3, 0.4) is 0 Å². The second-order valence-corrected chi connectivity index (χ2v) is 7.42. The van der Waals surface area contributed by atoms with Gasteiger partial charge in [-0.1, -0.05) is 18.2 Å². The SMILES string of the molecule is CCOc1ccccc1C(CC1CCS(=O)(=O)C1)NN. The maximum absolute atomic E-state index is 11.5. The highest BCUT2D eigenvalue weighted by Crippen LogP contribution is 2.32. The summed E-state index contributed by atoms with van der Waals surface area (Å²) in [4.78, 5) is 0. The molecule has 1 fully saturated rings. The predicted octanol–water partition coefficient (Wildman–Crippen LogP) is 1.41. The maximum atomic E-state index is 11.5. The summed E-state index contributed by atoms with van der Waals surface area (Å²) >= 11 is 0. The fraction of sp³-hybridized carbons (Fsp3) is 0.571. The molecular weight excluding hydrogens is 276 g/mol. The van der Waals surface area contributed by atoms with Gasteiger partial charge in [-0.2, -0.15) is 0 Å². The highest BCUT2D eigenvalue weighted by atomic mass is 32.2. The van der Waals surface area contributed by atoms with Gasteiger partial charge < -0.3 is 4.74 Å². The summed E-state index contributed by atoms with van der Waals surface area (Å²) in [6.45, 7) is 2.53. The predicted molar refractivity (Wildman–Crippen MR) is 79.1 cm³/mol. The number of para-hydroxylation sites is 1. The third-order valence-corrected chi connectivity index (χ3v) is 5.53. The summed E-state index contributed by atoms with van der Waals surface area (Å²) in [5.41, 5.74) is 3.78. The molecule has 0 spiro atoms. The van der Waals surface area contributed by atoms with Gasteiger partial charge in [0.25, 0.3) is 0 Å². The molecular formula is C14H22N2O3S. The Hall–Kier alpha value is -1.11. The van der Waals surface area contributed by atoms with Crippen molar-refractivity contribution in [1.82, 2.24) is 5.43 Å². The lowest BCUT2D eigenvalue weighted by Gasteiger charge is -2.22. The molecule has 5 nitrogen and oxygen atoms in total. The second-order valence-electron chi connectivity index (χ2n) is 5.19. The Morgan fingerprint density at radius 2 is 2.20 bits per heavy atom. The first-order chi connectivity index (χ1) is 9.55. The smallest absolute Gasteiger partial charge is 0.150 e. The standard InChI is InChI=1S/C14H22N2O3S/c1-2-19-14-6-4-3-5-12(14)13(16-15)9-11-7-8-20(17,18)10-11/h3-6,11,13,16H,2,7-10,15H2,1H3. The van der Waals surface area contributed by atoms with Crippen molar-refractivity contribution >= 4 is 9.84 Å². The molecule has 1 aliphatic rings. The Morgan fingerprint density at radius 3 is 2.80 bits per heavy atom. The Labute approximate surface area is 120 Å². The van der Waals surface area contributed by atoms with E-state index in [-0.39, 0.29) is 17.7 Å². The number of hydrogen-bond acceptors (Lipinski definition) is 5. The lowest BCUT2D eigenvalue weighted by atomic mass is 9.94. The van der Waals surface area contributed by atoms with Crippen LogP contribution in [0.5, 0.6) is 5.75 Å². The summed E-state index contributed by atoms with van der Waals surface area (Å²) in [5.74, 6) is 7.19. The van der Waals surface area contributed by atoms with Gasteiger partial charge in [0.15, 0.2) is 9.84 Å². The van der Waals surface area contributed by atoms with E-state index in [9.17, 15) is 8.42 Å². The van der Waals surface area contributed by atoms with Gasteiger partial charge in [-0.05, 0) is 31.7 Å². The van der Waals surface area contributed by atoms with Crippen LogP contribution in [-0.4, -0.2) is 26.5 Å². The second kappa shape index (κ2) is 6.56. The largest absolute Gasteiger partial charge is 0.494 e. The first kappa shape index (κ1) is 15.3. The Balaban J connectivity index is 2.12. The summed E-state index contributed by atoms with van der Waals surface area (Å²) < 4.78 is 28.7. The van der Waals surface area contributed by atoms with Gasteiger partial charge in [0.2, 0.25) is 0 Å². The van der Waals surface area contributed by atoms with Crippen molar-refractivity contribution in [3.8, 4) is 5.75 Å². The molecule has 112 valence electrons. The third kappa shape index (κ3) is 3.71. The van der Waals surface area contributed by atoms with E-state index in [1.165, 1.54) is 0 Å². The molecule has 3 N–H and O–H groups in total. The van der Waals surface area contributed by atoms with Gasteiger partial charge in [-0.3, -0.25) is 11.3 Å². The van der Waals surface area contributed by atoms with E-state index < -0.39 is 9.84 Å². The normalized spacial score (nSPS) is 22.6. The molecule has 1 aromatic rings. The van der Waals surface area contributed by atoms with Gasteiger partial charge in [0, 0.05) is 11.6 Å². The van der Waals surface area contributed by atoms with Crippen LogP contribution in [0.2, 0.25) is 0 Å². The molecule has 0 amide bonds. The zero-order valence-corrected chi connectivity index (χ0v) is 12.5. The number of sulfone groups is 1. The monoisotopic (exact) mass is 298 g/mol. The van der Waals surface area contributed by atoms with E-state index >= 15 is 0 Å². The molecule has 0 saturated carbocycles. The summed E-state index contributed by atoms with van der Waals surface area (Å²) in [6.07, 6.45) is 1.43. The van der Waals surface area contributed by atoms with Gasteiger partial charge in [-0.15, -0.1) is 0 Å². The van der Waals surface area contributed by atoms with E-state index in [4.69, 9.17) is 10.6 Å². The Morgan fingerprint density at radius 1 is 1.45 bits per heavy atom. The molecule has 2 atom stereocenters. The quantitative estimate of drug-likeness (QED) is 0.613. The van der Waals surface area contributed by atoms with E-state index in [1.807, 2.05) is 31.2 Å². The number of hydrogen-bond donors (Lipinski definition) is 2. The molecule has 0 aromatic heterocycles. The first-order valence-corrected chi connectivity index (χ1v) is 8.76. The number of hydrazine groups is 1. The lowest BCUT2D eigenvalue weighted by Crippen LogP contribution is -2.30. The van der Waals surface area contributed by atoms with Crippen LogP contribution in [0, 0.1) is 5.92 Å². The molecule has 6 heteroatoms. The summed E-state index contributed by atoms with van der Waals surface area (Å²) in [6, 6.07) is 7.65. The Bertz CT molecular complexity index is 545. The number of nitrogens with two attached hydrogens (primary N) is 1. The van der Waals surface area contributed by atoms with Crippen LogP contribution >= 0.6 is 0 Å². The third-order valence-electron chi connectivity index (χ3n) is 3.69. The van der Waals surface area contributed by atoms with Crippen LogP contribution in [-0.2, 0) is 9.84 Å². The van der Waals surface area contributed by atoms with Gasteiger partial charge in [-0.25, -0.2) is 8.42 Å². The molecule has 0 radical (unpaired) electrons. The number of rotatable bonds is 6. The average Bonchev–Trinajstić information content (AvgIpc) is 2.77. The molecule has 1 aliphatic heterocycles. The van der Waals surface area contributed by atoms with Crippen molar-refractivity contribution in [2.75, 3.05) is 18.1 Å². The maximum Gasteiger partial charge on any atom is 0.150 e. The zero-order valence-electron chi connectivity index (χ0n) is 11.7. The van der Waals surface area contributed by atoms with E-state index in [0.717, 1.165) is 17.7 Å². The van der Waals surface area contributed by atoms with Gasteiger partial charge in [0.05, 0.1) is 18.1 Å². The topological polar surface area (TPSA) is 81.4 Å². The minimum atomic E-state index is -2.85. The van der Waals surface area contributed by atoms with E-state index in [1.54, 1.807) is 0 Å². The Kier molecular flexibility index (Phi) is 5.01. The fourth-order valence-electron chi connectivity index (χ4n) is 2.73. The van der Waals surface area contributed by atoms with Crippen molar-refractivity contribution in [3.63, 3.8) is 0 Å². The number of benzene rings is 1. The van der Waals surface area contributed by atoms with E-state index in [2.05, 4.69) is 5.43 Å². The van der Waals surface area contributed by atoms with Crippen molar-refractivity contribution in [2.45, 2.75) is 25.8 Å².